The Bertz CT molecular complexity index is 335. The van der Waals surface area contributed by atoms with Crippen LogP contribution in [0.5, 0.6) is 5.75 Å². The summed E-state index contributed by atoms with van der Waals surface area (Å²) in [5, 5.41) is 9.05. The molecule has 1 aliphatic rings. The van der Waals surface area contributed by atoms with Gasteiger partial charge in [0.2, 0.25) is 0 Å². The van der Waals surface area contributed by atoms with E-state index < -0.39 is 0 Å². The SMILES string of the molecule is CC1CCCC(Oc2cccc(CO)c2)C1. The van der Waals surface area contributed by atoms with Gasteiger partial charge < -0.3 is 9.84 Å². The minimum absolute atomic E-state index is 0.0816. The van der Waals surface area contributed by atoms with Gasteiger partial charge in [-0.15, -0.1) is 0 Å². The van der Waals surface area contributed by atoms with Crippen LogP contribution in [-0.4, -0.2) is 11.2 Å². The minimum atomic E-state index is 0.0816. The summed E-state index contributed by atoms with van der Waals surface area (Å²) in [6, 6.07) is 7.75. The Kier molecular flexibility index (Phi) is 3.83. The van der Waals surface area contributed by atoms with E-state index in [2.05, 4.69) is 6.92 Å². The molecule has 1 fully saturated rings. The van der Waals surface area contributed by atoms with Gasteiger partial charge in [0.15, 0.2) is 0 Å². The van der Waals surface area contributed by atoms with Crippen molar-refractivity contribution in [3.05, 3.63) is 29.8 Å². The zero-order chi connectivity index (χ0) is 11.4. The first-order valence-electron chi connectivity index (χ1n) is 6.14. The average Bonchev–Trinajstić information content (AvgIpc) is 2.29. The Labute approximate surface area is 97.3 Å². The molecule has 0 bridgehead atoms. The molecule has 2 heteroatoms. The molecule has 0 heterocycles. The highest BCUT2D eigenvalue weighted by atomic mass is 16.5. The molecule has 1 N–H and O–H groups in total. The first kappa shape index (κ1) is 11.5. The van der Waals surface area contributed by atoms with Crippen molar-refractivity contribution in [1.29, 1.82) is 0 Å². The molecular formula is C14H20O2. The molecule has 2 nitrogen and oxygen atoms in total. The zero-order valence-electron chi connectivity index (χ0n) is 9.86. The van der Waals surface area contributed by atoms with Crippen LogP contribution < -0.4 is 4.74 Å². The van der Waals surface area contributed by atoms with E-state index in [1.165, 1.54) is 12.8 Å². The van der Waals surface area contributed by atoms with E-state index >= 15 is 0 Å². The molecule has 2 rings (SSSR count). The van der Waals surface area contributed by atoms with E-state index in [9.17, 15) is 0 Å². The van der Waals surface area contributed by atoms with Gasteiger partial charge in [0.05, 0.1) is 12.7 Å². The summed E-state index contributed by atoms with van der Waals surface area (Å²) in [5.41, 5.74) is 0.918. The Hall–Kier alpha value is -1.02. The highest BCUT2D eigenvalue weighted by Gasteiger charge is 2.20. The number of rotatable bonds is 3. The molecule has 1 aliphatic carbocycles. The number of ether oxygens (including phenoxy) is 1. The van der Waals surface area contributed by atoms with Crippen LogP contribution in [0.25, 0.3) is 0 Å². The normalized spacial score (nSPS) is 25.4. The van der Waals surface area contributed by atoms with Crippen LogP contribution in [0.4, 0.5) is 0 Å². The lowest BCUT2D eigenvalue weighted by atomic mass is 9.89. The third kappa shape index (κ3) is 2.99. The Morgan fingerprint density at radius 1 is 1.38 bits per heavy atom. The fraction of sp³-hybridized carbons (Fsp3) is 0.571. The van der Waals surface area contributed by atoms with Crippen molar-refractivity contribution in [2.45, 2.75) is 45.3 Å². The third-order valence-corrected chi connectivity index (χ3v) is 3.27. The molecule has 0 saturated heterocycles. The molecule has 0 aliphatic heterocycles. The molecule has 1 saturated carbocycles. The van der Waals surface area contributed by atoms with Gasteiger partial charge >= 0.3 is 0 Å². The Morgan fingerprint density at radius 3 is 3.00 bits per heavy atom. The molecule has 1 aromatic carbocycles. The highest BCUT2D eigenvalue weighted by Crippen LogP contribution is 2.27. The van der Waals surface area contributed by atoms with Gasteiger partial charge in [-0.3, -0.25) is 0 Å². The van der Waals surface area contributed by atoms with Gasteiger partial charge in [0.25, 0.3) is 0 Å². The standard InChI is InChI=1S/C14H20O2/c1-11-4-2-6-13(8-11)16-14-7-3-5-12(9-14)10-15/h3,5,7,9,11,13,15H,2,4,6,8,10H2,1H3. The smallest absolute Gasteiger partial charge is 0.120 e. The maximum absolute atomic E-state index is 9.05. The fourth-order valence-electron chi connectivity index (χ4n) is 2.40. The highest BCUT2D eigenvalue weighted by molar-refractivity contribution is 5.28. The van der Waals surface area contributed by atoms with Gasteiger partial charge in [0.1, 0.15) is 5.75 Å². The summed E-state index contributed by atoms with van der Waals surface area (Å²) in [7, 11) is 0. The third-order valence-electron chi connectivity index (χ3n) is 3.27. The van der Waals surface area contributed by atoms with Crippen molar-refractivity contribution < 1.29 is 9.84 Å². The first-order valence-corrected chi connectivity index (χ1v) is 6.14. The number of benzene rings is 1. The molecule has 2 atom stereocenters. The van der Waals surface area contributed by atoms with Crippen LogP contribution in [0.15, 0.2) is 24.3 Å². The molecular weight excluding hydrogens is 200 g/mol. The Balaban J connectivity index is 1.97. The predicted octanol–water partition coefficient (Wildman–Crippen LogP) is 3.14. The molecule has 1 aromatic rings. The topological polar surface area (TPSA) is 29.5 Å². The summed E-state index contributed by atoms with van der Waals surface area (Å²) in [6.07, 6.45) is 5.27. The number of hydrogen-bond acceptors (Lipinski definition) is 2. The summed E-state index contributed by atoms with van der Waals surface area (Å²) >= 11 is 0. The number of aliphatic hydroxyl groups is 1. The van der Waals surface area contributed by atoms with Gasteiger partial charge in [-0.05, 0) is 42.9 Å². The predicted molar refractivity (Wildman–Crippen MR) is 64.4 cm³/mol. The van der Waals surface area contributed by atoms with Crippen LogP contribution in [0, 0.1) is 5.92 Å². The van der Waals surface area contributed by atoms with Crippen LogP contribution >= 0.6 is 0 Å². The second kappa shape index (κ2) is 5.35. The maximum Gasteiger partial charge on any atom is 0.120 e. The van der Waals surface area contributed by atoms with Crippen LogP contribution in [0.3, 0.4) is 0 Å². The quantitative estimate of drug-likeness (QED) is 0.848. The van der Waals surface area contributed by atoms with E-state index in [0.29, 0.717) is 6.10 Å². The van der Waals surface area contributed by atoms with Gasteiger partial charge in [-0.1, -0.05) is 25.5 Å². The summed E-state index contributed by atoms with van der Waals surface area (Å²) < 4.78 is 5.96. The van der Waals surface area contributed by atoms with Crippen molar-refractivity contribution in [1.82, 2.24) is 0 Å². The van der Waals surface area contributed by atoms with E-state index in [1.807, 2.05) is 24.3 Å². The monoisotopic (exact) mass is 220 g/mol. The van der Waals surface area contributed by atoms with Gasteiger partial charge in [0, 0.05) is 0 Å². The Morgan fingerprint density at radius 2 is 2.25 bits per heavy atom. The lowest BCUT2D eigenvalue weighted by Gasteiger charge is -2.27. The fourth-order valence-corrected chi connectivity index (χ4v) is 2.40. The lowest BCUT2D eigenvalue weighted by Crippen LogP contribution is -2.24. The largest absolute Gasteiger partial charge is 0.490 e. The lowest BCUT2D eigenvalue weighted by molar-refractivity contribution is 0.129. The number of aliphatic hydroxyl groups excluding tert-OH is 1. The van der Waals surface area contributed by atoms with Crippen LogP contribution in [0.2, 0.25) is 0 Å². The van der Waals surface area contributed by atoms with E-state index in [1.54, 1.807) is 0 Å². The zero-order valence-corrected chi connectivity index (χ0v) is 9.86. The van der Waals surface area contributed by atoms with Crippen molar-refractivity contribution >= 4 is 0 Å². The average molecular weight is 220 g/mol. The minimum Gasteiger partial charge on any atom is -0.490 e. The van der Waals surface area contributed by atoms with Crippen molar-refractivity contribution in [2.75, 3.05) is 0 Å². The van der Waals surface area contributed by atoms with Crippen LogP contribution in [-0.2, 0) is 6.61 Å². The van der Waals surface area contributed by atoms with E-state index in [0.717, 1.165) is 30.1 Å². The molecule has 0 aromatic heterocycles. The van der Waals surface area contributed by atoms with Crippen molar-refractivity contribution in [3.8, 4) is 5.75 Å². The molecule has 0 amide bonds. The van der Waals surface area contributed by atoms with Crippen LogP contribution in [0.1, 0.15) is 38.2 Å². The summed E-state index contributed by atoms with van der Waals surface area (Å²) in [6.45, 7) is 2.37. The molecule has 0 spiro atoms. The molecule has 2 unspecified atom stereocenters. The second-order valence-electron chi connectivity index (χ2n) is 4.82. The van der Waals surface area contributed by atoms with Gasteiger partial charge in [-0.2, -0.15) is 0 Å². The van der Waals surface area contributed by atoms with Crippen molar-refractivity contribution in [3.63, 3.8) is 0 Å². The van der Waals surface area contributed by atoms with E-state index in [-0.39, 0.29) is 6.61 Å². The second-order valence-corrected chi connectivity index (χ2v) is 4.82. The van der Waals surface area contributed by atoms with Crippen molar-refractivity contribution in [2.24, 2.45) is 5.92 Å². The summed E-state index contributed by atoms with van der Waals surface area (Å²) in [4.78, 5) is 0. The van der Waals surface area contributed by atoms with Gasteiger partial charge in [-0.25, -0.2) is 0 Å². The number of hydrogen-bond donors (Lipinski definition) is 1. The molecule has 88 valence electrons. The first-order chi connectivity index (χ1) is 7.78. The van der Waals surface area contributed by atoms with E-state index in [4.69, 9.17) is 9.84 Å². The summed E-state index contributed by atoms with van der Waals surface area (Å²) in [5.74, 6) is 1.67. The molecule has 0 radical (unpaired) electrons. The maximum atomic E-state index is 9.05. The molecule has 16 heavy (non-hydrogen) atoms.